The third-order valence-corrected chi connectivity index (χ3v) is 5.57. The number of hydrogen-bond donors (Lipinski definition) is 3. The third kappa shape index (κ3) is 6.03. The number of carbonyl (C=O) groups is 3. The fourth-order valence-corrected chi connectivity index (χ4v) is 3.81. The molecular weight excluding hydrogens is 444 g/mol. The van der Waals surface area contributed by atoms with Crippen LogP contribution in [0.15, 0.2) is 59.0 Å². The van der Waals surface area contributed by atoms with E-state index in [0.29, 0.717) is 24.3 Å². The highest BCUT2D eigenvalue weighted by molar-refractivity contribution is 7.80. The molecule has 2 heterocycles. The van der Waals surface area contributed by atoms with Crippen LogP contribution >= 0.6 is 12.2 Å². The number of carboxylic acid groups (broad SMARTS) is 2. The number of hydrogen-bond acceptors (Lipinski definition) is 6. The second-order valence-electron chi connectivity index (χ2n) is 7.74. The van der Waals surface area contributed by atoms with E-state index in [1.807, 2.05) is 54.6 Å². The average molecular weight is 469 g/mol. The quantitative estimate of drug-likeness (QED) is 0.486. The minimum Gasteiger partial charge on any atom is -0.480 e. The number of likely N-dealkylation sites (tertiary alicyclic amines) is 1. The zero-order valence-corrected chi connectivity index (χ0v) is 18.7. The summed E-state index contributed by atoms with van der Waals surface area (Å²) in [6.07, 6.45) is 0.625. The van der Waals surface area contributed by atoms with Gasteiger partial charge in [0.05, 0.1) is 6.54 Å². The molecule has 0 unspecified atom stereocenters. The fraction of sp³-hybridized carbons (Fsp3) is 0.250. The molecule has 4 N–H and O–H groups in total. The molecular formula is C24H24N2O6S. The minimum atomic E-state index is -0.989. The summed E-state index contributed by atoms with van der Waals surface area (Å²) >= 11 is 4.85. The minimum absolute atomic E-state index is 0.234. The third-order valence-electron chi connectivity index (χ3n) is 5.27. The summed E-state index contributed by atoms with van der Waals surface area (Å²) in [6, 6.07) is 15.8. The Bertz CT molecular complexity index is 1130. The maximum Gasteiger partial charge on any atom is 0.326 e. The molecule has 0 saturated carbocycles. The van der Waals surface area contributed by atoms with Gasteiger partial charge in [-0.3, -0.25) is 9.59 Å². The number of nitrogens with zero attached hydrogens (tertiary/aromatic N) is 1. The highest BCUT2D eigenvalue weighted by atomic mass is 32.1. The van der Waals surface area contributed by atoms with Crippen LogP contribution < -0.4 is 5.73 Å². The molecule has 172 valence electrons. The number of nitrogens with two attached hydrogens (primary N) is 1. The van der Waals surface area contributed by atoms with Crippen molar-refractivity contribution >= 4 is 45.9 Å². The highest BCUT2D eigenvalue weighted by Crippen LogP contribution is 2.27. The predicted octanol–water partition coefficient (Wildman–Crippen LogP) is 3.12. The van der Waals surface area contributed by atoms with E-state index in [2.05, 4.69) is 0 Å². The number of thiocarbonyl (C=S) groups is 1. The Morgan fingerprint density at radius 3 is 2.36 bits per heavy atom. The molecule has 0 aliphatic carbocycles. The van der Waals surface area contributed by atoms with Crippen molar-refractivity contribution in [2.45, 2.75) is 31.8 Å². The van der Waals surface area contributed by atoms with Gasteiger partial charge in [-0.1, -0.05) is 54.7 Å². The molecule has 1 aliphatic heterocycles. The Hall–Kier alpha value is -3.56. The van der Waals surface area contributed by atoms with Gasteiger partial charge in [-0.05, 0) is 24.1 Å². The summed E-state index contributed by atoms with van der Waals surface area (Å²) < 4.78 is 5.79. The molecule has 0 spiro atoms. The SMILES string of the molecule is CC(=O)N1CC(=S)C[C@H]1C(=O)O.N[C@@H](Cc1ccc(-c2cc3ccccc3o2)cc1)C(=O)O. The van der Waals surface area contributed by atoms with Crippen molar-refractivity contribution in [1.82, 2.24) is 4.90 Å². The van der Waals surface area contributed by atoms with Crippen LogP contribution in [0.5, 0.6) is 0 Å². The number of carbonyl (C=O) groups excluding carboxylic acids is 1. The van der Waals surface area contributed by atoms with Gasteiger partial charge in [-0.15, -0.1) is 0 Å². The van der Waals surface area contributed by atoms with Crippen molar-refractivity contribution in [2.75, 3.05) is 6.54 Å². The van der Waals surface area contributed by atoms with E-state index in [1.165, 1.54) is 11.8 Å². The lowest BCUT2D eigenvalue weighted by molar-refractivity contribution is -0.147. The number of rotatable bonds is 5. The van der Waals surface area contributed by atoms with Gasteiger partial charge < -0.3 is 25.3 Å². The van der Waals surface area contributed by atoms with Gasteiger partial charge in [0.1, 0.15) is 23.4 Å². The number of furan rings is 1. The molecule has 3 aromatic rings. The molecule has 1 saturated heterocycles. The van der Waals surface area contributed by atoms with Crippen molar-refractivity contribution in [1.29, 1.82) is 0 Å². The number of carboxylic acids is 2. The summed E-state index contributed by atoms with van der Waals surface area (Å²) in [5, 5.41) is 18.6. The second-order valence-corrected chi connectivity index (χ2v) is 8.32. The first-order valence-corrected chi connectivity index (χ1v) is 10.6. The van der Waals surface area contributed by atoms with Gasteiger partial charge >= 0.3 is 11.9 Å². The highest BCUT2D eigenvalue weighted by Gasteiger charge is 2.34. The molecule has 33 heavy (non-hydrogen) atoms. The fourth-order valence-electron chi connectivity index (χ4n) is 3.51. The van der Waals surface area contributed by atoms with E-state index < -0.39 is 24.0 Å². The lowest BCUT2D eigenvalue weighted by Crippen LogP contribution is -2.39. The van der Waals surface area contributed by atoms with Crippen LogP contribution in [0.2, 0.25) is 0 Å². The second kappa shape index (κ2) is 10.4. The summed E-state index contributed by atoms with van der Waals surface area (Å²) in [4.78, 5) is 34.2. The van der Waals surface area contributed by atoms with Gasteiger partial charge in [0.25, 0.3) is 0 Å². The lowest BCUT2D eigenvalue weighted by atomic mass is 10.0. The first-order valence-electron chi connectivity index (χ1n) is 10.2. The molecule has 4 rings (SSSR count). The molecule has 0 radical (unpaired) electrons. The van der Waals surface area contributed by atoms with E-state index in [4.69, 9.17) is 32.6 Å². The van der Waals surface area contributed by atoms with Crippen molar-refractivity contribution in [3.63, 3.8) is 0 Å². The Balaban J connectivity index is 0.000000218. The number of para-hydroxylation sites is 1. The number of benzene rings is 2. The first-order chi connectivity index (χ1) is 15.7. The molecule has 9 heteroatoms. The van der Waals surface area contributed by atoms with E-state index in [1.54, 1.807) is 0 Å². The maximum atomic E-state index is 10.9. The largest absolute Gasteiger partial charge is 0.480 e. The summed E-state index contributed by atoms with van der Waals surface area (Å²) in [6.45, 7) is 1.66. The van der Waals surface area contributed by atoms with Gasteiger partial charge in [-0.25, -0.2) is 4.79 Å². The number of fused-ring (bicyclic) bond motifs is 1. The smallest absolute Gasteiger partial charge is 0.326 e. The van der Waals surface area contributed by atoms with Crippen LogP contribution in [0, 0.1) is 0 Å². The van der Waals surface area contributed by atoms with Gasteiger partial charge in [0.2, 0.25) is 5.91 Å². The summed E-state index contributed by atoms with van der Waals surface area (Å²) in [5.74, 6) is -1.41. The van der Waals surface area contributed by atoms with Crippen LogP contribution in [0.1, 0.15) is 18.9 Å². The molecule has 1 fully saturated rings. The topological polar surface area (TPSA) is 134 Å². The van der Waals surface area contributed by atoms with Crippen molar-refractivity contribution in [3.05, 3.63) is 60.2 Å². The summed E-state index contributed by atoms with van der Waals surface area (Å²) in [7, 11) is 0. The molecule has 1 amide bonds. The van der Waals surface area contributed by atoms with Gasteiger partial charge in [0, 0.05) is 29.2 Å². The van der Waals surface area contributed by atoms with Crippen LogP contribution in [-0.2, 0) is 20.8 Å². The average Bonchev–Trinajstić information content (AvgIpc) is 3.38. The number of amides is 1. The Morgan fingerprint density at radius 2 is 1.82 bits per heavy atom. The van der Waals surface area contributed by atoms with E-state index in [-0.39, 0.29) is 5.91 Å². The zero-order valence-electron chi connectivity index (χ0n) is 17.9. The Kier molecular flexibility index (Phi) is 7.57. The van der Waals surface area contributed by atoms with Crippen molar-refractivity contribution < 1.29 is 29.0 Å². The molecule has 2 aromatic carbocycles. The predicted molar refractivity (Wildman–Crippen MR) is 127 cm³/mol. The van der Waals surface area contributed by atoms with Crippen LogP contribution in [0.3, 0.4) is 0 Å². The van der Waals surface area contributed by atoms with E-state index >= 15 is 0 Å². The molecule has 0 bridgehead atoms. The van der Waals surface area contributed by atoms with Crippen LogP contribution in [-0.4, -0.2) is 56.5 Å². The van der Waals surface area contributed by atoms with E-state index in [0.717, 1.165) is 27.9 Å². The van der Waals surface area contributed by atoms with Gasteiger partial charge in [0.15, 0.2) is 0 Å². The normalized spacial score (nSPS) is 16.2. The molecule has 2 atom stereocenters. The zero-order chi connectivity index (χ0) is 24.1. The van der Waals surface area contributed by atoms with Crippen LogP contribution in [0.4, 0.5) is 0 Å². The number of aliphatic carboxylic acids is 2. The van der Waals surface area contributed by atoms with Gasteiger partial charge in [-0.2, -0.15) is 0 Å². The van der Waals surface area contributed by atoms with Crippen LogP contribution in [0.25, 0.3) is 22.3 Å². The molecule has 8 nitrogen and oxygen atoms in total. The van der Waals surface area contributed by atoms with E-state index in [9.17, 15) is 14.4 Å². The summed E-state index contributed by atoms with van der Waals surface area (Å²) in [5.41, 5.74) is 8.23. The first kappa shape index (κ1) is 24.1. The Morgan fingerprint density at radius 1 is 1.15 bits per heavy atom. The molecule has 1 aliphatic rings. The lowest BCUT2D eigenvalue weighted by Gasteiger charge is -2.18. The maximum absolute atomic E-state index is 10.9. The van der Waals surface area contributed by atoms with Crippen molar-refractivity contribution in [2.24, 2.45) is 5.73 Å². The Labute approximate surface area is 195 Å². The van der Waals surface area contributed by atoms with Crippen molar-refractivity contribution in [3.8, 4) is 11.3 Å². The monoisotopic (exact) mass is 468 g/mol. The standard InChI is InChI=1S/C17H15NO3.C7H9NO3S/c18-14(17(19)20)9-11-5-7-12(8-6-11)16-10-13-3-1-2-4-15(13)21-16;1-4(9)8-3-5(12)2-6(8)7(10)11/h1-8,10,14H,9,18H2,(H,19,20);6H,2-3H2,1H3,(H,10,11)/t14-;6-/m00/s1. The molecule has 1 aromatic heterocycles.